The molecule has 0 heterocycles. The van der Waals surface area contributed by atoms with Crippen LogP contribution in [-0.4, -0.2) is 23.0 Å². The molecule has 0 saturated heterocycles. The van der Waals surface area contributed by atoms with Crippen LogP contribution in [0.3, 0.4) is 0 Å². The second kappa shape index (κ2) is 8.18. The molecule has 1 aliphatic carbocycles. The zero-order chi connectivity index (χ0) is 14.3. The number of carbonyl (C=O) groups is 2. The van der Waals surface area contributed by atoms with E-state index in [9.17, 15) is 9.59 Å². The largest absolute Gasteiger partial charge is 0.480 e. The topological polar surface area (TPSA) is 66.4 Å². The normalized spacial score (nSPS) is 19.5. The Morgan fingerprint density at radius 2 is 1.63 bits per heavy atom. The maximum Gasteiger partial charge on any atom is 0.326 e. The van der Waals surface area contributed by atoms with Gasteiger partial charge in [-0.05, 0) is 25.2 Å². The summed E-state index contributed by atoms with van der Waals surface area (Å²) >= 11 is 0. The van der Waals surface area contributed by atoms with Crippen LogP contribution in [-0.2, 0) is 9.59 Å². The van der Waals surface area contributed by atoms with Gasteiger partial charge in [-0.1, -0.05) is 46.0 Å². The molecule has 4 heteroatoms. The summed E-state index contributed by atoms with van der Waals surface area (Å²) in [6.07, 6.45) is 8.11. The van der Waals surface area contributed by atoms with Gasteiger partial charge in [0.25, 0.3) is 0 Å². The minimum Gasteiger partial charge on any atom is -0.480 e. The van der Waals surface area contributed by atoms with Gasteiger partial charge in [0.15, 0.2) is 0 Å². The third-order valence-electron chi connectivity index (χ3n) is 3.80. The van der Waals surface area contributed by atoms with Crippen molar-refractivity contribution in [1.82, 2.24) is 5.32 Å². The molecule has 0 spiro atoms. The standard InChI is InChI=1S/C15H27NO3/c1-11(2)10-13(15(18)19)16-14(17)12-8-6-4-3-5-7-9-12/h11-13H,3-10H2,1-2H3,(H,16,17)(H,18,19)/t13-/m1/s1. The summed E-state index contributed by atoms with van der Waals surface area (Å²) in [5.41, 5.74) is 0. The molecule has 1 amide bonds. The summed E-state index contributed by atoms with van der Waals surface area (Å²) in [5, 5.41) is 11.9. The molecular formula is C15H27NO3. The second-order valence-corrected chi connectivity index (χ2v) is 6.07. The number of carboxylic acids is 1. The summed E-state index contributed by atoms with van der Waals surface area (Å²) in [5.74, 6) is -0.712. The number of carbonyl (C=O) groups excluding carboxylic acids is 1. The van der Waals surface area contributed by atoms with Gasteiger partial charge in [-0.2, -0.15) is 0 Å². The summed E-state index contributed by atoms with van der Waals surface area (Å²) < 4.78 is 0. The summed E-state index contributed by atoms with van der Waals surface area (Å²) in [6.45, 7) is 3.94. The van der Waals surface area contributed by atoms with Crippen molar-refractivity contribution in [2.45, 2.75) is 71.3 Å². The lowest BCUT2D eigenvalue weighted by Crippen LogP contribution is -2.44. The molecule has 1 fully saturated rings. The summed E-state index contributed by atoms with van der Waals surface area (Å²) in [6, 6.07) is -0.738. The molecule has 0 aromatic carbocycles. The van der Waals surface area contributed by atoms with Crippen molar-refractivity contribution in [3.63, 3.8) is 0 Å². The first-order valence-electron chi connectivity index (χ1n) is 7.54. The highest BCUT2D eigenvalue weighted by Gasteiger charge is 2.25. The van der Waals surface area contributed by atoms with Crippen LogP contribution < -0.4 is 5.32 Å². The van der Waals surface area contributed by atoms with E-state index in [0.29, 0.717) is 6.42 Å². The Labute approximate surface area is 116 Å². The van der Waals surface area contributed by atoms with Gasteiger partial charge in [-0.25, -0.2) is 4.79 Å². The van der Waals surface area contributed by atoms with E-state index in [0.717, 1.165) is 25.7 Å². The van der Waals surface area contributed by atoms with Gasteiger partial charge in [0, 0.05) is 5.92 Å². The fraction of sp³-hybridized carbons (Fsp3) is 0.867. The van der Waals surface area contributed by atoms with Gasteiger partial charge in [-0.15, -0.1) is 0 Å². The number of hydrogen-bond acceptors (Lipinski definition) is 2. The van der Waals surface area contributed by atoms with Crippen LogP contribution in [0.1, 0.15) is 65.2 Å². The summed E-state index contributed by atoms with van der Waals surface area (Å²) in [7, 11) is 0. The molecule has 1 rings (SSSR count). The molecule has 1 saturated carbocycles. The van der Waals surface area contributed by atoms with Gasteiger partial charge < -0.3 is 10.4 Å². The maximum absolute atomic E-state index is 12.2. The van der Waals surface area contributed by atoms with Crippen LogP contribution >= 0.6 is 0 Å². The Hall–Kier alpha value is -1.06. The molecule has 2 N–H and O–H groups in total. The van der Waals surface area contributed by atoms with Crippen LogP contribution in [0.4, 0.5) is 0 Å². The van der Waals surface area contributed by atoms with Crippen molar-refractivity contribution in [3.05, 3.63) is 0 Å². The van der Waals surface area contributed by atoms with Crippen molar-refractivity contribution in [2.75, 3.05) is 0 Å². The molecule has 0 aliphatic heterocycles. The molecule has 0 radical (unpaired) electrons. The van der Waals surface area contributed by atoms with Crippen LogP contribution in [0.2, 0.25) is 0 Å². The predicted molar refractivity (Wildman–Crippen MR) is 74.8 cm³/mol. The minimum atomic E-state index is -0.923. The highest BCUT2D eigenvalue weighted by atomic mass is 16.4. The van der Waals surface area contributed by atoms with Crippen LogP contribution in [0, 0.1) is 11.8 Å². The third-order valence-corrected chi connectivity index (χ3v) is 3.80. The number of amides is 1. The smallest absolute Gasteiger partial charge is 0.326 e. The molecule has 1 atom stereocenters. The molecular weight excluding hydrogens is 242 g/mol. The Morgan fingerprint density at radius 1 is 1.11 bits per heavy atom. The lowest BCUT2D eigenvalue weighted by molar-refractivity contribution is -0.143. The van der Waals surface area contributed by atoms with Gasteiger partial charge in [0.05, 0.1) is 0 Å². The SMILES string of the molecule is CC(C)C[C@@H](NC(=O)C1CCCCCCC1)C(=O)O. The number of hydrogen-bond donors (Lipinski definition) is 2. The lowest BCUT2D eigenvalue weighted by atomic mass is 9.90. The molecule has 110 valence electrons. The maximum atomic E-state index is 12.2. The van der Waals surface area contributed by atoms with E-state index in [2.05, 4.69) is 5.32 Å². The van der Waals surface area contributed by atoms with Crippen LogP contribution in [0.15, 0.2) is 0 Å². The van der Waals surface area contributed by atoms with Crippen molar-refractivity contribution in [1.29, 1.82) is 0 Å². The fourth-order valence-corrected chi connectivity index (χ4v) is 2.70. The average molecular weight is 269 g/mol. The molecule has 1 aliphatic rings. The molecule has 0 aromatic rings. The average Bonchev–Trinajstić information content (AvgIpc) is 2.26. The predicted octanol–water partition coefficient (Wildman–Crippen LogP) is 2.96. The zero-order valence-electron chi connectivity index (χ0n) is 12.2. The summed E-state index contributed by atoms with van der Waals surface area (Å²) in [4.78, 5) is 23.3. The third kappa shape index (κ3) is 6.08. The Bertz CT molecular complexity index is 294. The lowest BCUT2D eigenvalue weighted by Gasteiger charge is -2.22. The first-order chi connectivity index (χ1) is 9.00. The van der Waals surface area contributed by atoms with Crippen molar-refractivity contribution in [3.8, 4) is 0 Å². The zero-order valence-corrected chi connectivity index (χ0v) is 12.2. The van der Waals surface area contributed by atoms with E-state index in [1.807, 2.05) is 13.8 Å². The van der Waals surface area contributed by atoms with Crippen LogP contribution in [0.5, 0.6) is 0 Å². The van der Waals surface area contributed by atoms with Crippen molar-refractivity contribution < 1.29 is 14.7 Å². The van der Waals surface area contributed by atoms with E-state index in [1.165, 1.54) is 19.3 Å². The molecule has 0 aromatic heterocycles. The van der Waals surface area contributed by atoms with Gasteiger partial charge in [-0.3, -0.25) is 4.79 Å². The van der Waals surface area contributed by atoms with Crippen LogP contribution in [0.25, 0.3) is 0 Å². The Balaban J connectivity index is 2.51. The number of aliphatic carboxylic acids is 1. The van der Waals surface area contributed by atoms with E-state index in [-0.39, 0.29) is 17.7 Å². The highest BCUT2D eigenvalue weighted by molar-refractivity contribution is 5.84. The quantitative estimate of drug-likeness (QED) is 0.806. The monoisotopic (exact) mass is 269 g/mol. The first kappa shape index (κ1) is 16.0. The molecule has 19 heavy (non-hydrogen) atoms. The molecule has 0 unspecified atom stereocenters. The molecule has 4 nitrogen and oxygen atoms in total. The minimum absolute atomic E-state index is 0.00862. The van der Waals surface area contributed by atoms with Gasteiger partial charge >= 0.3 is 5.97 Å². The van der Waals surface area contributed by atoms with Gasteiger partial charge in [0.2, 0.25) is 5.91 Å². The Morgan fingerprint density at radius 3 is 2.11 bits per heavy atom. The van der Waals surface area contributed by atoms with Gasteiger partial charge in [0.1, 0.15) is 6.04 Å². The van der Waals surface area contributed by atoms with E-state index in [1.54, 1.807) is 0 Å². The van der Waals surface area contributed by atoms with Crippen molar-refractivity contribution in [2.24, 2.45) is 11.8 Å². The number of nitrogens with one attached hydrogen (secondary N) is 1. The Kier molecular flexibility index (Phi) is 6.89. The number of carboxylic acid groups (broad SMARTS) is 1. The van der Waals surface area contributed by atoms with E-state index >= 15 is 0 Å². The highest BCUT2D eigenvalue weighted by Crippen LogP contribution is 2.22. The first-order valence-corrected chi connectivity index (χ1v) is 7.54. The van der Waals surface area contributed by atoms with Crippen molar-refractivity contribution >= 4 is 11.9 Å². The molecule has 0 bridgehead atoms. The van der Waals surface area contributed by atoms with E-state index in [4.69, 9.17) is 5.11 Å². The number of rotatable bonds is 5. The fourth-order valence-electron chi connectivity index (χ4n) is 2.70. The second-order valence-electron chi connectivity index (χ2n) is 6.07. The van der Waals surface area contributed by atoms with E-state index < -0.39 is 12.0 Å².